The van der Waals surface area contributed by atoms with Gasteiger partial charge in [0.15, 0.2) is 6.29 Å². The van der Waals surface area contributed by atoms with Crippen LogP contribution in [-0.2, 0) is 4.79 Å². The molecule has 1 saturated heterocycles. The molecule has 1 amide bonds. The van der Waals surface area contributed by atoms with Crippen molar-refractivity contribution in [3.05, 3.63) is 51.8 Å². The summed E-state index contributed by atoms with van der Waals surface area (Å²) in [5, 5.41) is 14.5. The highest BCUT2D eigenvalue weighted by molar-refractivity contribution is 6.35. The minimum absolute atomic E-state index is 0.00256. The van der Waals surface area contributed by atoms with Gasteiger partial charge < -0.3 is 24.8 Å². The van der Waals surface area contributed by atoms with Crippen molar-refractivity contribution < 1.29 is 28.6 Å². The monoisotopic (exact) mass is 484 g/mol. The highest BCUT2D eigenvalue weighted by atomic mass is 35.5. The Morgan fingerprint density at radius 1 is 1.22 bits per heavy atom. The van der Waals surface area contributed by atoms with Crippen LogP contribution in [0, 0.1) is 5.82 Å². The van der Waals surface area contributed by atoms with Crippen molar-refractivity contribution in [2.45, 2.75) is 18.4 Å². The number of carbonyl (C=O) groups excluding carboxylic acids is 2. The van der Waals surface area contributed by atoms with Gasteiger partial charge in [0.25, 0.3) is 5.91 Å². The lowest BCUT2D eigenvalue weighted by Gasteiger charge is -2.38. The van der Waals surface area contributed by atoms with Crippen molar-refractivity contribution in [3.63, 3.8) is 0 Å². The summed E-state index contributed by atoms with van der Waals surface area (Å²) in [7, 11) is 1.60. The van der Waals surface area contributed by atoms with Crippen LogP contribution in [0.2, 0.25) is 10.0 Å². The van der Waals surface area contributed by atoms with Crippen molar-refractivity contribution in [3.8, 4) is 11.5 Å². The molecule has 2 aromatic carbocycles. The van der Waals surface area contributed by atoms with Crippen LogP contribution in [0.1, 0.15) is 23.2 Å². The van der Waals surface area contributed by atoms with E-state index in [1.807, 2.05) is 0 Å². The van der Waals surface area contributed by atoms with E-state index in [0.717, 1.165) is 6.07 Å². The second-order valence-electron chi connectivity index (χ2n) is 7.44. The summed E-state index contributed by atoms with van der Waals surface area (Å²) in [5.41, 5.74) is -0.887. The highest BCUT2D eigenvalue weighted by Crippen LogP contribution is 2.32. The SMILES string of the molecule is CNc1cc(C(=O)N2CCC(O)(COc3ccc(Cl)cc3Cl)CC2)c(F)cc1OCC=O. The average molecular weight is 485 g/mol. The molecular weight excluding hydrogens is 462 g/mol. The Labute approximate surface area is 195 Å². The van der Waals surface area contributed by atoms with Crippen molar-refractivity contribution in [2.75, 3.05) is 38.7 Å². The zero-order valence-corrected chi connectivity index (χ0v) is 18.9. The zero-order chi connectivity index (χ0) is 23.3. The summed E-state index contributed by atoms with van der Waals surface area (Å²) in [6.45, 7) is 0.225. The van der Waals surface area contributed by atoms with Crippen molar-refractivity contribution in [1.29, 1.82) is 0 Å². The summed E-state index contributed by atoms with van der Waals surface area (Å²) < 4.78 is 25.4. The standard InChI is InChI=1S/C22H23Cl2FN2O5/c1-26-18-11-15(17(25)12-20(18)31-9-8-28)21(29)27-6-4-22(30,5-7-27)13-32-19-3-2-14(23)10-16(19)24/h2-3,8,10-12,26,30H,4-7,9,13H2,1H3. The normalized spacial score (nSPS) is 15.2. The third-order valence-electron chi connectivity index (χ3n) is 5.25. The van der Waals surface area contributed by atoms with Gasteiger partial charge in [0, 0.05) is 31.2 Å². The van der Waals surface area contributed by atoms with Crippen LogP contribution in [0.4, 0.5) is 10.1 Å². The highest BCUT2D eigenvalue weighted by Gasteiger charge is 2.36. The Hall–Kier alpha value is -2.55. The van der Waals surface area contributed by atoms with Crippen molar-refractivity contribution in [2.24, 2.45) is 0 Å². The van der Waals surface area contributed by atoms with E-state index in [4.69, 9.17) is 32.7 Å². The number of nitrogens with one attached hydrogen (secondary N) is 1. The molecule has 7 nitrogen and oxygen atoms in total. The predicted octanol–water partition coefficient (Wildman–Crippen LogP) is 3.80. The summed E-state index contributed by atoms with van der Waals surface area (Å²) in [4.78, 5) is 24.9. The number of likely N-dealkylation sites (tertiary alicyclic amines) is 1. The molecule has 172 valence electrons. The second-order valence-corrected chi connectivity index (χ2v) is 8.28. The predicted molar refractivity (Wildman–Crippen MR) is 120 cm³/mol. The van der Waals surface area contributed by atoms with Crippen molar-refractivity contribution >= 4 is 41.1 Å². The Morgan fingerprint density at radius 3 is 2.56 bits per heavy atom. The number of rotatable bonds is 8. The molecule has 1 aliphatic rings. The van der Waals surface area contributed by atoms with Crippen LogP contribution >= 0.6 is 23.2 Å². The van der Waals surface area contributed by atoms with Crippen molar-refractivity contribution in [1.82, 2.24) is 4.90 Å². The molecule has 1 aliphatic heterocycles. The number of anilines is 1. The number of nitrogens with zero attached hydrogens (tertiary/aromatic N) is 1. The number of hydrogen-bond donors (Lipinski definition) is 2. The lowest BCUT2D eigenvalue weighted by atomic mass is 9.92. The summed E-state index contributed by atoms with van der Waals surface area (Å²) >= 11 is 12.0. The van der Waals surface area contributed by atoms with E-state index < -0.39 is 17.3 Å². The molecule has 0 aromatic heterocycles. The first-order valence-electron chi connectivity index (χ1n) is 9.93. The van der Waals surface area contributed by atoms with Crippen LogP contribution in [0.5, 0.6) is 11.5 Å². The van der Waals surface area contributed by atoms with Crippen LogP contribution in [0.15, 0.2) is 30.3 Å². The molecular formula is C22H23Cl2FN2O5. The summed E-state index contributed by atoms with van der Waals surface area (Å²) in [6, 6.07) is 7.23. The van der Waals surface area contributed by atoms with Gasteiger partial charge in [0.2, 0.25) is 0 Å². The Morgan fingerprint density at radius 2 is 1.94 bits per heavy atom. The minimum Gasteiger partial charge on any atom is -0.489 e. The Balaban J connectivity index is 1.64. The number of ether oxygens (including phenoxy) is 2. The van der Waals surface area contributed by atoms with Gasteiger partial charge >= 0.3 is 0 Å². The molecule has 0 bridgehead atoms. The van der Waals surface area contributed by atoms with Gasteiger partial charge in [-0.15, -0.1) is 0 Å². The lowest BCUT2D eigenvalue weighted by Crippen LogP contribution is -2.49. The third kappa shape index (κ3) is 5.62. The second kappa shape index (κ2) is 10.4. The molecule has 1 fully saturated rings. The maximum absolute atomic E-state index is 14.6. The number of piperidine rings is 1. The fourth-order valence-corrected chi connectivity index (χ4v) is 3.87. The number of aliphatic hydroxyl groups is 1. The third-order valence-corrected chi connectivity index (χ3v) is 5.78. The molecule has 0 spiro atoms. The van der Waals surface area contributed by atoms with Gasteiger partial charge in [-0.25, -0.2) is 4.39 Å². The van der Waals surface area contributed by atoms with E-state index in [0.29, 0.717) is 27.8 Å². The first-order valence-corrected chi connectivity index (χ1v) is 10.7. The molecule has 32 heavy (non-hydrogen) atoms. The maximum atomic E-state index is 14.6. The summed E-state index contributed by atoms with van der Waals surface area (Å²) in [6.07, 6.45) is 1.06. The number of aldehydes is 1. The molecule has 0 radical (unpaired) electrons. The van der Waals surface area contributed by atoms with Crippen LogP contribution in [0.3, 0.4) is 0 Å². The lowest BCUT2D eigenvalue weighted by molar-refractivity contribution is -0.109. The van der Waals surface area contributed by atoms with E-state index in [2.05, 4.69) is 5.32 Å². The van der Waals surface area contributed by atoms with Gasteiger partial charge in [-0.05, 0) is 37.1 Å². The molecule has 0 unspecified atom stereocenters. The Kier molecular flexibility index (Phi) is 7.82. The van der Waals surface area contributed by atoms with Gasteiger partial charge in [-0.1, -0.05) is 23.2 Å². The van der Waals surface area contributed by atoms with Gasteiger partial charge in [0.1, 0.15) is 36.1 Å². The minimum atomic E-state index is -1.15. The molecule has 2 N–H and O–H groups in total. The molecule has 0 saturated carbocycles. The number of benzene rings is 2. The van der Waals surface area contributed by atoms with Gasteiger partial charge in [-0.3, -0.25) is 9.59 Å². The number of amides is 1. The fourth-order valence-electron chi connectivity index (χ4n) is 3.40. The van der Waals surface area contributed by atoms with Crippen LogP contribution < -0.4 is 14.8 Å². The first-order chi connectivity index (χ1) is 15.3. The van der Waals surface area contributed by atoms with E-state index in [-0.39, 0.29) is 50.5 Å². The quantitative estimate of drug-likeness (QED) is 0.554. The largest absolute Gasteiger partial charge is 0.489 e. The fraction of sp³-hybridized carbons (Fsp3) is 0.364. The zero-order valence-electron chi connectivity index (χ0n) is 17.4. The van der Waals surface area contributed by atoms with E-state index in [1.54, 1.807) is 25.2 Å². The van der Waals surface area contributed by atoms with Gasteiger partial charge in [0.05, 0.1) is 16.3 Å². The molecule has 3 rings (SSSR count). The Bertz CT molecular complexity index is 997. The van der Waals surface area contributed by atoms with Crippen LogP contribution in [0.25, 0.3) is 0 Å². The molecule has 10 heteroatoms. The topological polar surface area (TPSA) is 88.1 Å². The molecule has 0 atom stereocenters. The van der Waals surface area contributed by atoms with E-state index in [9.17, 15) is 19.1 Å². The first kappa shape index (κ1) is 24.1. The number of halogens is 3. The number of hydrogen-bond acceptors (Lipinski definition) is 6. The average Bonchev–Trinajstić information content (AvgIpc) is 2.77. The maximum Gasteiger partial charge on any atom is 0.256 e. The molecule has 1 heterocycles. The molecule has 2 aromatic rings. The van der Waals surface area contributed by atoms with Gasteiger partial charge in [-0.2, -0.15) is 0 Å². The summed E-state index contributed by atoms with van der Waals surface area (Å²) in [5.74, 6) is -0.706. The molecule has 0 aliphatic carbocycles. The van der Waals surface area contributed by atoms with E-state index >= 15 is 0 Å². The smallest absolute Gasteiger partial charge is 0.256 e. The number of carbonyl (C=O) groups is 2. The van der Waals surface area contributed by atoms with E-state index in [1.165, 1.54) is 11.0 Å². The van der Waals surface area contributed by atoms with Crippen LogP contribution in [-0.4, -0.2) is 61.2 Å².